The smallest absolute Gasteiger partial charge is 0.182 e. The van der Waals surface area contributed by atoms with Gasteiger partial charge in [0.25, 0.3) is 0 Å². The summed E-state index contributed by atoms with van der Waals surface area (Å²) >= 11 is 3.90. The molecular formula is C19H18N2OS. The van der Waals surface area contributed by atoms with Crippen molar-refractivity contribution >= 4 is 12.6 Å². The summed E-state index contributed by atoms with van der Waals surface area (Å²) in [7, 11) is 0. The van der Waals surface area contributed by atoms with Crippen molar-refractivity contribution in [3.63, 3.8) is 0 Å². The molecule has 4 heteroatoms. The van der Waals surface area contributed by atoms with E-state index in [9.17, 15) is 0 Å². The first-order chi connectivity index (χ1) is 11.4. The molecule has 0 saturated carbocycles. The molecule has 0 spiro atoms. The molecule has 0 aliphatic rings. The van der Waals surface area contributed by atoms with Gasteiger partial charge in [-0.25, -0.2) is 4.98 Å². The summed E-state index contributed by atoms with van der Waals surface area (Å²) < 4.78 is 5.49. The maximum atomic E-state index is 7.91. The second-order valence-corrected chi connectivity index (χ2v) is 5.19. The van der Waals surface area contributed by atoms with Gasteiger partial charge < -0.3 is 4.42 Å². The Morgan fingerprint density at radius 1 is 0.957 bits per heavy atom. The topological polar surface area (TPSA) is 49.8 Å². The van der Waals surface area contributed by atoms with E-state index in [2.05, 4.69) is 17.6 Å². The van der Waals surface area contributed by atoms with Gasteiger partial charge in [0.1, 0.15) is 5.69 Å². The minimum atomic E-state index is 0.642. The molecule has 0 aliphatic carbocycles. The normalized spacial score (nSPS) is 9.57. The van der Waals surface area contributed by atoms with Crippen molar-refractivity contribution in [1.82, 2.24) is 4.98 Å². The van der Waals surface area contributed by atoms with Crippen molar-refractivity contribution in [2.24, 2.45) is 0 Å². The summed E-state index contributed by atoms with van der Waals surface area (Å²) in [5.74, 6) is 1.64. The SMILES string of the molecule is N#CCCCS.c1ccc(-c2ncoc2-c2ccccc2)cc1. The number of hydrogen-bond acceptors (Lipinski definition) is 4. The summed E-state index contributed by atoms with van der Waals surface area (Å²) in [4.78, 5) is 4.30. The van der Waals surface area contributed by atoms with E-state index in [1.54, 1.807) is 0 Å². The Morgan fingerprint density at radius 2 is 1.57 bits per heavy atom. The highest BCUT2D eigenvalue weighted by molar-refractivity contribution is 7.80. The third-order valence-corrected chi connectivity index (χ3v) is 3.41. The molecule has 3 aromatic rings. The maximum Gasteiger partial charge on any atom is 0.182 e. The molecule has 116 valence electrons. The number of hydrogen-bond donors (Lipinski definition) is 1. The third kappa shape index (κ3) is 5.01. The van der Waals surface area contributed by atoms with Gasteiger partial charge in [0, 0.05) is 17.5 Å². The zero-order chi connectivity index (χ0) is 16.3. The lowest BCUT2D eigenvalue weighted by Crippen LogP contribution is -1.81. The molecule has 23 heavy (non-hydrogen) atoms. The molecule has 0 aliphatic heterocycles. The first-order valence-corrected chi connectivity index (χ1v) is 8.02. The first kappa shape index (κ1) is 16.9. The van der Waals surface area contributed by atoms with Crippen molar-refractivity contribution in [3.8, 4) is 28.7 Å². The highest BCUT2D eigenvalue weighted by atomic mass is 32.1. The largest absolute Gasteiger partial charge is 0.443 e. The fraction of sp³-hybridized carbons (Fsp3) is 0.158. The highest BCUT2D eigenvalue weighted by Crippen LogP contribution is 2.30. The van der Waals surface area contributed by atoms with Crippen molar-refractivity contribution in [2.75, 3.05) is 5.75 Å². The molecule has 0 N–H and O–H groups in total. The van der Waals surface area contributed by atoms with E-state index in [0.717, 1.165) is 34.8 Å². The standard InChI is InChI=1S/C15H11NO.C4H7NS/c1-3-7-12(8-4-1)14-15(17-11-16-14)13-9-5-2-6-10-13;5-3-1-2-4-6/h1-11H;6H,1-2,4H2. The Bertz CT molecular complexity index is 679. The molecule has 0 bridgehead atoms. The number of unbranched alkanes of at least 4 members (excludes halogenated alkanes) is 1. The quantitative estimate of drug-likeness (QED) is 0.528. The molecule has 0 radical (unpaired) electrons. The monoisotopic (exact) mass is 322 g/mol. The molecule has 1 heterocycles. The van der Waals surface area contributed by atoms with Gasteiger partial charge in [-0.2, -0.15) is 17.9 Å². The van der Waals surface area contributed by atoms with Gasteiger partial charge in [-0.1, -0.05) is 60.7 Å². The van der Waals surface area contributed by atoms with E-state index in [1.807, 2.05) is 66.7 Å². The van der Waals surface area contributed by atoms with E-state index in [4.69, 9.17) is 9.68 Å². The third-order valence-electron chi connectivity index (χ3n) is 3.10. The summed E-state index contributed by atoms with van der Waals surface area (Å²) in [6.45, 7) is 0. The van der Waals surface area contributed by atoms with E-state index >= 15 is 0 Å². The van der Waals surface area contributed by atoms with Gasteiger partial charge in [0.05, 0.1) is 6.07 Å². The Hall–Kier alpha value is -2.51. The number of benzene rings is 2. The zero-order valence-electron chi connectivity index (χ0n) is 12.7. The molecule has 2 aromatic carbocycles. The minimum absolute atomic E-state index is 0.642. The summed E-state index contributed by atoms with van der Waals surface area (Å²) in [5.41, 5.74) is 3.00. The molecule has 0 amide bonds. The molecule has 3 rings (SSSR count). The summed E-state index contributed by atoms with van der Waals surface area (Å²) in [5, 5.41) is 7.91. The zero-order valence-corrected chi connectivity index (χ0v) is 13.6. The van der Waals surface area contributed by atoms with Gasteiger partial charge in [0.15, 0.2) is 12.2 Å². The average Bonchev–Trinajstić information content (AvgIpc) is 3.12. The van der Waals surface area contributed by atoms with Gasteiger partial charge in [0.2, 0.25) is 0 Å². The van der Waals surface area contributed by atoms with Crippen LogP contribution >= 0.6 is 12.6 Å². The van der Waals surface area contributed by atoms with Crippen LogP contribution in [-0.2, 0) is 0 Å². The lowest BCUT2D eigenvalue weighted by atomic mass is 10.1. The minimum Gasteiger partial charge on any atom is -0.443 e. The summed E-state index contributed by atoms with van der Waals surface area (Å²) in [6.07, 6.45) is 3.05. The Morgan fingerprint density at radius 3 is 2.09 bits per heavy atom. The highest BCUT2D eigenvalue weighted by Gasteiger charge is 2.11. The number of nitrogens with zero attached hydrogens (tertiary/aromatic N) is 2. The van der Waals surface area contributed by atoms with Crippen LogP contribution in [0.4, 0.5) is 0 Å². The van der Waals surface area contributed by atoms with Gasteiger partial charge in [-0.3, -0.25) is 0 Å². The number of nitriles is 1. The van der Waals surface area contributed by atoms with Gasteiger partial charge in [-0.15, -0.1) is 0 Å². The van der Waals surface area contributed by atoms with Crippen LogP contribution in [0.1, 0.15) is 12.8 Å². The molecule has 0 fully saturated rings. The van der Waals surface area contributed by atoms with Crippen molar-refractivity contribution < 1.29 is 4.42 Å². The molecular weight excluding hydrogens is 304 g/mol. The van der Waals surface area contributed by atoms with E-state index < -0.39 is 0 Å². The predicted molar refractivity (Wildman–Crippen MR) is 96.1 cm³/mol. The maximum absolute atomic E-state index is 7.91. The fourth-order valence-electron chi connectivity index (χ4n) is 2.00. The molecule has 1 aromatic heterocycles. The van der Waals surface area contributed by atoms with Crippen LogP contribution in [0.2, 0.25) is 0 Å². The number of aromatic nitrogens is 1. The first-order valence-electron chi connectivity index (χ1n) is 7.39. The van der Waals surface area contributed by atoms with Crippen molar-refractivity contribution in [2.45, 2.75) is 12.8 Å². The Balaban J connectivity index is 0.000000277. The van der Waals surface area contributed by atoms with Gasteiger partial charge >= 0.3 is 0 Å². The second kappa shape index (κ2) is 9.50. The second-order valence-electron chi connectivity index (χ2n) is 4.75. The van der Waals surface area contributed by atoms with E-state index in [0.29, 0.717) is 6.42 Å². The number of oxazole rings is 1. The van der Waals surface area contributed by atoms with Crippen LogP contribution in [0.15, 0.2) is 71.5 Å². The Kier molecular flexibility index (Phi) is 6.96. The van der Waals surface area contributed by atoms with Crippen LogP contribution in [0.25, 0.3) is 22.6 Å². The van der Waals surface area contributed by atoms with Crippen LogP contribution in [0, 0.1) is 11.3 Å². The van der Waals surface area contributed by atoms with Gasteiger partial charge in [-0.05, 0) is 12.2 Å². The van der Waals surface area contributed by atoms with Crippen LogP contribution in [0.5, 0.6) is 0 Å². The van der Waals surface area contributed by atoms with E-state index in [1.165, 1.54) is 6.39 Å². The van der Waals surface area contributed by atoms with Crippen molar-refractivity contribution in [3.05, 3.63) is 67.1 Å². The number of thiol groups is 1. The van der Waals surface area contributed by atoms with Crippen molar-refractivity contribution in [1.29, 1.82) is 5.26 Å². The molecule has 3 nitrogen and oxygen atoms in total. The lowest BCUT2D eigenvalue weighted by molar-refractivity contribution is 0.572. The molecule has 0 atom stereocenters. The lowest BCUT2D eigenvalue weighted by Gasteiger charge is -2.00. The van der Waals surface area contributed by atoms with Crippen LogP contribution < -0.4 is 0 Å². The Labute approximate surface area is 142 Å². The average molecular weight is 322 g/mol. The number of rotatable bonds is 4. The van der Waals surface area contributed by atoms with E-state index in [-0.39, 0.29) is 0 Å². The predicted octanol–water partition coefficient (Wildman–Crippen LogP) is 5.23. The molecule has 0 unspecified atom stereocenters. The fourth-order valence-corrected chi connectivity index (χ4v) is 2.16. The van der Waals surface area contributed by atoms with Crippen LogP contribution in [-0.4, -0.2) is 10.7 Å². The van der Waals surface area contributed by atoms with Crippen LogP contribution in [0.3, 0.4) is 0 Å². The summed E-state index contributed by atoms with van der Waals surface area (Å²) in [6, 6.07) is 22.1. The molecule has 0 saturated heterocycles.